The number of carbonyl (C=O) groups excluding carboxylic acids is 3. The average molecular weight is 636 g/mol. The normalized spacial score (nSPS) is 13.4. The first-order chi connectivity index (χ1) is 11.7. The van der Waals surface area contributed by atoms with Crippen molar-refractivity contribution in [3.05, 3.63) is 62.8 Å². The molecule has 0 aliphatic carbocycles. The Hall–Kier alpha value is -0.250. The maximum absolute atomic E-state index is 12.8. The van der Waals surface area contributed by atoms with Crippen LogP contribution in [0.2, 0.25) is 10.0 Å². The van der Waals surface area contributed by atoms with Gasteiger partial charge in [-0.25, -0.2) is 4.90 Å². The monoisotopic (exact) mass is 631 g/mol. The van der Waals surface area contributed by atoms with E-state index < -0.39 is 17.7 Å². The van der Waals surface area contributed by atoms with E-state index in [0.717, 1.165) is 0 Å². The van der Waals surface area contributed by atoms with Crippen molar-refractivity contribution in [1.82, 2.24) is 4.90 Å². The van der Waals surface area contributed by atoms with E-state index in [1.165, 1.54) is 18.2 Å². The Morgan fingerprint density at radius 1 is 0.840 bits per heavy atom. The first-order valence-electron chi connectivity index (χ1n) is 6.41. The van der Waals surface area contributed by atoms with Gasteiger partial charge in [0.25, 0.3) is 17.7 Å². The number of carbonyl (C=O) groups is 3. The van der Waals surface area contributed by atoms with Gasteiger partial charge in [0.05, 0.1) is 26.7 Å². The fraction of sp³-hybridized carbons (Fsp3) is 0. The Morgan fingerprint density at radius 3 is 1.80 bits per heavy atom. The van der Waals surface area contributed by atoms with Gasteiger partial charge in [0.1, 0.15) is 0 Å². The molecule has 10 heteroatoms. The molecule has 4 nitrogen and oxygen atoms in total. The Morgan fingerprint density at radius 2 is 1.32 bits per heavy atom. The van der Waals surface area contributed by atoms with Crippen LogP contribution in [-0.4, -0.2) is 22.6 Å². The smallest absolute Gasteiger partial charge is 0.268 e. The van der Waals surface area contributed by atoms with Crippen LogP contribution in [0, 0.1) is 0 Å². The van der Waals surface area contributed by atoms with Crippen molar-refractivity contribution in [3.8, 4) is 0 Å². The molecule has 0 spiro atoms. The van der Waals surface area contributed by atoms with Gasteiger partial charge in [0.15, 0.2) is 0 Å². The lowest BCUT2D eigenvalue weighted by molar-refractivity contribution is 0.0566. The van der Waals surface area contributed by atoms with Crippen molar-refractivity contribution in [2.75, 3.05) is 0 Å². The summed E-state index contributed by atoms with van der Waals surface area (Å²) in [6, 6.07) is 4.42. The summed E-state index contributed by atoms with van der Waals surface area (Å²) in [6.07, 6.45) is 0. The zero-order valence-electron chi connectivity index (χ0n) is 11.7. The van der Waals surface area contributed by atoms with Crippen molar-refractivity contribution >= 4 is 105 Å². The van der Waals surface area contributed by atoms with E-state index >= 15 is 0 Å². The van der Waals surface area contributed by atoms with Crippen LogP contribution < -0.4 is 0 Å². The summed E-state index contributed by atoms with van der Waals surface area (Å²) in [5, 5.41) is 0.128. The fourth-order valence-corrected chi connectivity index (χ4v) is 5.16. The summed E-state index contributed by atoms with van der Waals surface area (Å²) >= 11 is 25.2. The van der Waals surface area contributed by atoms with Crippen LogP contribution in [0.1, 0.15) is 31.1 Å². The largest absolute Gasteiger partial charge is 0.269 e. The number of amides is 3. The van der Waals surface area contributed by atoms with E-state index in [4.69, 9.17) is 23.2 Å². The molecule has 0 fully saturated rings. The number of rotatable bonds is 1. The Kier molecular flexibility index (Phi) is 5.50. The van der Waals surface area contributed by atoms with Crippen LogP contribution in [0.15, 0.2) is 36.1 Å². The minimum absolute atomic E-state index is 0.0220. The van der Waals surface area contributed by atoms with Crippen LogP contribution in [0.5, 0.6) is 0 Å². The lowest BCUT2D eigenvalue weighted by Gasteiger charge is -2.13. The predicted molar refractivity (Wildman–Crippen MR) is 109 cm³/mol. The maximum atomic E-state index is 12.8. The molecule has 1 aliphatic heterocycles. The van der Waals surface area contributed by atoms with E-state index in [1.807, 2.05) is 0 Å². The molecule has 0 radical (unpaired) electrons. The lowest BCUT2D eigenvalue weighted by atomic mass is 10.1. The highest BCUT2D eigenvalue weighted by atomic mass is 79.9. The third-order valence-electron chi connectivity index (χ3n) is 3.49. The Balaban J connectivity index is 2.19. The molecule has 0 bridgehead atoms. The highest BCUT2D eigenvalue weighted by Gasteiger charge is 2.45. The number of benzene rings is 2. The molecule has 3 rings (SSSR count). The summed E-state index contributed by atoms with van der Waals surface area (Å²) in [5.41, 5.74) is 0.131. The van der Waals surface area contributed by atoms with Gasteiger partial charge < -0.3 is 0 Å². The second-order valence-electron chi connectivity index (χ2n) is 4.86. The number of imide groups is 3. The van der Waals surface area contributed by atoms with Gasteiger partial charge in [-0.15, -0.1) is 0 Å². The van der Waals surface area contributed by atoms with Crippen molar-refractivity contribution in [3.63, 3.8) is 0 Å². The van der Waals surface area contributed by atoms with E-state index in [0.29, 0.717) is 22.8 Å². The van der Waals surface area contributed by atoms with Crippen LogP contribution in [0.3, 0.4) is 0 Å². The first kappa shape index (κ1) is 19.5. The van der Waals surface area contributed by atoms with Gasteiger partial charge in [-0.1, -0.05) is 29.3 Å². The van der Waals surface area contributed by atoms with Crippen molar-refractivity contribution in [1.29, 1.82) is 0 Å². The van der Waals surface area contributed by atoms with E-state index in [1.54, 1.807) is 0 Å². The highest BCUT2D eigenvalue weighted by molar-refractivity contribution is 9.15. The molecule has 0 aromatic heterocycles. The van der Waals surface area contributed by atoms with Crippen molar-refractivity contribution in [2.24, 2.45) is 0 Å². The molecule has 25 heavy (non-hydrogen) atoms. The molecule has 3 amide bonds. The summed E-state index contributed by atoms with van der Waals surface area (Å²) in [6.45, 7) is 0. The summed E-state index contributed by atoms with van der Waals surface area (Å²) < 4.78 is 1.80. The molecule has 2 aromatic rings. The molecule has 128 valence electrons. The van der Waals surface area contributed by atoms with Crippen molar-refractivity contribution < 1.29 is 14.4 Å². The van der Waals surface area contributed by atoms with Crippen molar-refractivity contribution in [2.45, 2.75) is 0 Å². The topological polar surface area (TPSA) is 54.5 Å². The molecule has 0 atom stereocenters. The predicted octanol–water partition coefficient (Wildman–Crippen LogP) is 6.48. The van der Waals surface area contributed by atoms with Gasteiger partial charge in [0.2, 0.25) is 0 Å². The molecule has 0 N–H and O–H groups in total. The minimum Gasteiger partial charge on any atom is -0.268 e. The van der Waals surface area contributed by atoms with Crippen LogP contribution in [0.25, 0.3) is 0 Å². The standard InChI is InChI=1S/C15H3Br4Cl2NO3/c16-8-6-7(9(17)11(19)10(8)18)15(25)22(14(6)24)13(23)4-2-1-3-5(20)12(4)21/h1-3H. The molecule has 1 heterocycles. The SMILES string of the molecule is O=C(c1cccc(Cl)c1Cl)N1C(=O)c2c(Br)c(Br)c(Br)c(Br)c2C1=O. The summed E-state index contributed by atoms with van der Waals surface area (Å²) in [5.74, 6) is -2.34. The molecular formula is C15H3Br4Cl2NO3. The van der Waals surface area contributed by atoms with Gasteiger partial charge in [-0.05, 0) is 75.9 Å². The Labute approximate surface area is 185 Å². The second kappa shape index (κ2) is 7.05. The number of halogens is 6. The van der Waals surface area contributed by atoms with Gasteiger partial charge >= 0.3 is 0 Å². The summed E-state index contributed by atoms with van der Waals surface area (Å²) in [4.78, 5) is 38.9. The second-order valence-corrected chi connectivity index (χ2v) is 8.82. The zero-order chi connectivity index (χ0) is 18.6. The quantitative estimate of drug-likeness (QED) is 0.205. The first-order valence-corrected chi connectivity index (χ1v) is 10.3. The number of hydrogen-bond donors (Lipinski definition) is 0. The van der Waals surface area contributed by atoms with Gasteiger partial charge in [0, 0.05) is 17.9 Å². The van der Waals surface area contributed by atoms with Crippen LogP contribution >= 0.6 is 86.9 Å². The minimum atomic E-state index is -0.843. The van der Waals surface area contributed by atoms with Crippen LogP contribution in [-0.2, 0) is 0 Å². The van der Waals surface area contributed by atoms with Gasteiger partial charge in [-0.3, -0.25) is 14.4 Å². The third kappa shape index (κ3) is 2.95. The number of hydrogen-bond acceptors (Lipinski definition) is 3. The maximum Gasteiger partial charge on any atom is 0.269 e. The molecule has 0 unspecified atom stereocenters. The van der Waals surface area contributed by atoms with Crippen LogP contribution in [0.4, 0.5) is 0 Å². The van der Waals surface area contributed by atoms with E-state index in [2.05, 4.69) is 63.7 Å². The molecule has 0 saturated heterocycles. The average Bonchev–Trinajstić information content (AvgIpc) is 2.83. The lowest BCUT2D eigenvalue weighted by Crippen LogP contribution is -2.36. The molecular weight excluding hydrogens is 633 g/mol. The number of fused-ring (bicyclic) bond motifs is 1. The third-order valence-corrected chi connectivity index (χ3v) is 9.07. The zero-order valence-corrected chi connectivity index (χ0v) is 19.5. The van der Waals surface area contributed by atoms with Gasteiger partial charge in [-0.2, -0.15) is 0 Å². The van der Waals surface area contributed by atoms with E-state index in [-0.39, 0.29) is 26.7 Å². The van der Waals surface area contributed by atoms with E-state index in [9.17, 15) is 14.4 Å². The summed E-state index contributed by atoms with van der Waals surface area (Å²) in [7, 11) is 0. The molecule has 2 aromatic carbocycles. The highest BCUT2D eigenvalue weighted by Crippen LogP contribution is 2.45. The Bertz CT molecular complexity index is 946. The molecule has 1 aliphatic rings. The molecule has 0 saturated carbocycles. The fourth-order valence-electron chi connectivity index (χ4n) is 2.32. The number of nitrogens with zero attached hydrogens (tertiary/aromatic N) is 1.